The van der Waals surface area contributed by atoms with E-state index in [0.29, 0.717) is 35.1 Å². The zero-order valence-electron chi connectivity index (χ0n) is 15.5. The predicted molar refractivity (Wildman–Crippen MR) is 109 cm³/mol. The van der Waals surface area contributed by atoms with Gasteiger partial charge in [-0.1, -0.05) is 23.7 Å². The van der Waals surface area contributed by atoms with Gasteiger partial charge in [0.1, 0.15) is 5.70 Å². The summed E-state index contributed by atoms with van der Waals surface area (Å²) in [5, 5.41) is 11.3. The Kier molecular flexibility index (Phi) is 5.07. The fourth-order valence-electron chi connectivity index (χ4n) is 3.79. The fraction of sp³-hybridized carbons (Fsp3) is 0.238. The second kappa shape index (κ2) is 7.67. The lowest BCUT2D eigenvalue weighted by molar-refractivity contribution is -0.384. The highest BCUT2D eigenvalue weighted by atomic mass is 35.5. The number of imide groups is 1. The topological polar surface area (TPSA) is 83.8 Å². The van der Waals surface area contributed by atoms with E-state index in [9.17, 15) is 19.7 Å². The molecule has 2 aromatic rings. The molecular formula is C21H18ClN3O4. The number of carbonyl (C=O) groups excluding carboxylic acids is 2. The molecule has 2 amide bonds. The lowest BCUT2D eigenvalue weighted by Gasteiger charge is -2.29. The highest BCUT2D eigenvalue weighted by Gasteiger charge is 2.43. The summed E-state index contributed by atoms with van der Waals surface area (Å²) in [5.74, 6) is -0.893. The van der Waals surface area contributed by atoms with Crippen LogP contribution >= 0.6 is 11.6 Å². The van der Waals surface area contributed by atoms with Gasteiger partial charge < -0.3 is 4.90 Å². The first-order valence-electron chi connectivity index (χ1n) is 9.36. The normalized spacial score (nSPS) is 17.3. The number of piperidine rings is 1. The Balaban J connectivity index is 1.83. The van der Waals surface area contributed by atoms with Crippen LogP contribution in [-0.2, 0) is 9.59 Å². The van der Waals surface area contributed by atoms with E-state index in [0.717, 1.165) is 24.2 Å². The third kappa shape index (κ3) is 3.38. The van der Waals surface area contributed by atoms with E-state index in [1.54, 1.807) is 24.3 Å². The van der Waals surface area contributed by atoms with Gasteiger partial charge in [-0.25, -0.2) is 4.90 Å². The molecule has 7 nitrogen and oxygen atoms in total. The average Bonchev–Trinajstić information content (AvgIpc) is 2.99. The summed E-state index contributed by atoms with van der Waals surface area (Å²) >= 11 is 6.26. The molecule has 29 heavy (non-hydrogen) atoms. The largest absolute Gasteiger partial charge is 0.366 e. The standard InChI is InChI=1S/C21H18ClN3O4/c22-16-6-2-3-7-17(16)24-20(26)18(14-8-10-15(11-9-14)25(28)29)19(21(24)27)23-12-4-1-5-13-23/h2-3,6-11H,1,4-5,12-13H2. The van der Waals surface area contributed by atoms with Crippen molar-refractivity contribution in [1.82, 2.24) is 4.90 Å². The first-order chi connectivity index (χ1) is 14.0. The number of halogens is 1. The monoisotopic (exact) mass is 411 g/mol. The number of anilines is 1. The summed E-state index contributed by atoms with van der Waals surface area (Å²) in [6.07, 6.45) is 2.95. The lowest BCUT2D eigenvalue weighted by Crippen LogP contribution is -2.37. The summed E-state index contributed by atoms with van der Waals surface area (Å²) in [6, 6.07) is 12.4. The first-order valence-corrected chi connectivity index (χ1v) is 9.74. The Bertz CT molecular complexity index is 1030. The minimum absolute atomic E-state index is 0.0754. The van der Waals surface area contributed by atoms with Gasteiger partial charge >= 0.3 is 0 Å². The average molecular weight is 412 g/mol. The van der Waals surface area contributed by atoms with Gasteiger partial charge in [-0.15, -0.1) is 0 Å². The van der Waals surface area contributed by atoms with Crippen LogP contribution in [0.4, 0.5) is 11.4 Å². The molecular weight excluding hydrogens is 394 g/mol. The number of rotatable bonds is 4. The number of non-ortho nitro benzene ring substituents is 1. The summed E-state index contributed by atoms with van der Waals surface area (Å²) in [4.78, 5) is 40.3. The summed E-state index contributed by atoms with van der Waals surface area (Å²) in [5.41, 5.74) is 1.32. The van der Waals surface area contributed by atoms with Crippen molar-refractivity contribution in [3.63, 3.8) is 0 Å². The van der Waals surface area contributed by atoms with E-state index in [1.807, 2.05) is 4.90 Å². The van der Waals surface area contributed by atoms with Crippen LogP contribution in [0.5, 0.6) is 0 Å². The van der Waals surface area contributed by atoms with Crippen molar-refractivity contribution >= 4 is 40.4 Å². The molecule has 0 aliphatic carbocycles. The second-order valence-corrected chi connectivity index (χ2v) is 7.38. The van der Waals surface area contributed by atoms with Gasteiger partial charge in [0.05, 0.1) is 21.2 Å². The third-order valence-corrected chi connectivity index (χ3v) is 5.51. The summed E-state index contributed by atoms with van der Waals surface area (Å²) in [7, 11) is 0. The molecule has 0 N–H and O–H groups in total. The number of hydrogen-bond donors (Lipinski definition) is 0. The lowest BCUT2D eigenvalue weighted by atomic mass is 10.0. The maximum absolute atomic E-state index is 13.4. The van der Waals surface area contributed by atoms with Crippen molar-refractivity contribution in [3.05, 3.63) is 74.9 Å². The van der Waals surface area contributed by atoms with Gasteiger partial charge in [0.2, 0.25) is 0 Å². The SMILES string of the molecule is O=C1C(c2ccc([N+](=O)[O-])cc2)=C(N2CCCCC2)C(=O)N1c1ccccc1Cl. The van der Waals surface area contributed by atoms with Gasteiger partial charge in [-0.2, -0.15) is 0 Å². The molecule has 0 spiro atoms. The molecule has 0 atom stereocenters. The quantitative estimate of drug-likeness (QED) is 0.431. The predicted octanol–water partition coefficient (Wildman–Crippen LogP) is 4.02. The number of nitro benzene ring substituents is 1. The molecule has 0 aromatic heterocycles. The molecule has 1 saturated heterocycles. The van der Waals surface area contributed by atoms with Crippen LogP contribution in [0, 0.1) is 10.1 Å². The number of carbonyl (C=O) groups is 2. The molecule has 4 rings (SSSR count). The maximum Gasteiger partial charge on any atom is 0.282 e. The molecule has 2 aliphatic heterocycles. The number of para-hydroxylation sites is 1. The third-order valence-electron chi connectivity index (χ3n) is 5.19. The van der Waals surface area contributed by atoms with Crippen molar-refractivity contribution in [2.45, 2.75) is 19.3 Å². The van der Waals surface area contributed by atoms with E-state index in [4.69, 9.17) is 11.6 Å². The molecule has 148 valence electrons. The Morgan fingerprint density at radius 1 is 0.897 bits per heavy atom. The molecule has 1 fully saturated rings. The van der Waals surface area contributed by atoms with Gasteiger partial charge in [-0.05, 0) is 49.1 Å². The number of nitrogens with zero attached hydrogens (tertiary/aromatic N) is 3. The summed E-state index contributed by atoms with van der Waals surface area (Å²) in [6.45, 7) is 1.36. The molecule has 2 heterocycles. The van der Waals surface area contributed by atoms with Crippen molar-refractivity contribution < 1.29 is 14.5 Å². The van der Waals surface area contributed by atoms with Crippen LogP contribution in [0.3, 0.4) is 0 Å². The van der Waals surface area contributed by atoms with Crippen molar-refractivity contribution in [3.8, 4) is 0 Å². The second-order valence-electron chi connectivity index (χ2n) is 6.97. The van der Waals surface area contributed by atoms with Crippen LogP contribution in [0.1, 0.15) is 24.8 Å². The van der Waals surface area contributed by atoms with Crippen LogP contribution in [-0.4, -0.2) is 34.7 Å². The highest BCUT2D eigenvalue weighted by Crippen LogP contribution is 2.38. The highest BCUT2D eigenvalue weighted by molar-refractivity contribution is 6.47. The summed E-state index contributed by atoms with van der Waals surface area (Å²) < 4.78 is 0. The number of benzene rings is 2. The van der Waals surface area contributed by atoms with Crippen molar-refractivity contribution in [2.24, 2.45) is 0 Å². The van der Waals surface area contributed by atoms with Crippen LogP contribution in [0.2, 0.25) is 5.02 Å². The Labute approximate surface area is 172 Å². The first kappa shape index (κ1) is 19.1. The van der Waals surface area contributed by atoms with Crippen LogP contribution in [0.15, 0.2) is 54.2 Å². The Morgan fingerprint density at radius 3 is 2.17 bits per heavy atom. The van der Waals surface area contributed by atoms with Crippen LogP contribution in [0.25, 0.3) is 5.57 Å². The molecule has 8 heteroatoms. The number of likely N-dealkylation sites (tertiary alicyclic amines) is 1. The van der Waals surface area contributed by atoms with Gasteiger partial charge in [-0.3, -0.25) is 19.7 Å². The van der Waals surface area contributed by atoms with Crippen LogP contribution < -0.4 is 4.90 Å². The smallest absolute Gasteiger partial charge is 0.282 e. The van der Waals surface area contributed by atoms with Crippen molar-refractivity contribution in [1.29, 1.82) is 0 Å². The van der Waals surface area contributed by atoms with E-state index in [2.05, 4.69) is 0 Å². The minimum atomic E-state index is -0.499. The van der Waals surface area contributed by atoms with Crippen molar-refractivity contribution in [2.75, 3.05) is 18.0 Å². The van der Waals surface area contributed by atoms with E-state index < -0.39 is 16.7 Å². The van der Waals surface area contributed by atoms with Gasteiger partial charge in [0.25, 0.3) is 17.5 Å². The molecule has 2 aliphatic rings. The zero-order valence-corrected chi connectivity index (χ0v) is 16.3. The molecule has 2 aromatic carbocycles. The molecule has 0 bridgehead atoms. The minimum Gasteiger partial charge on any atom is -0.366 e. The Hall–Kier alpha value is -3.19. The van der Waals surface area contributed by atoms with E-state index in [1.165, 1.54) is 24.3 Å². The fourth-order valence-corrected chi connectivity index (χ4v) is 4.01. The molecule has 0 saturated carbocycles. The Morgan fingerprint density at radius 2 is 1.55 bits per heavy atom. The van der Waals surface area contributed by atoms with E-state index >= 15 is 0 Å². The van der Waals surface area contributed by atoms with Gasteiger partial charge in [0.15, 0.2) is 0 Å². The molecule has 0 radical (unpaired) electrons. The zero-order chi connectivity index (χ0) is 20.5. The van der Waals surface area contributed by atoms with Gasteiger partial charge in [0, 0.05) is 25.2 Å². The van der Waals surface area contributed by atoms with E-state index in [-0.39, 0.29) is 11.3 Å². The maximum atomic E-state index is 13.4. The number of nitro groups is 1. The molecule has 0 unspecified atom stereocenters. The number of amides is 2. The number of hydrogen-bond acceptors (Lipinski definition) is 5.